The molecule has 0 N–H and O–H groups in total. The summed E-state index contributed by atoms with van der Waals surface area (Å²) in [5, 5.41) is 0. The minimum Gasteiger partial charge on any atom is -0.493 e. The van der Waals surface area contributed by atoms with E-state index in [1.807, 2.05) is 6.07 Å². The SMILES string of the molecule is COc1ccc2c3c1OC1C[C@@H](OC(=O)c4ccc(Cl)s4)CCC(C)[C@@]31CCN(C)C2. The number of hydrogen-bond acceptors (Lipinski definition) is 6. The van der Waals surface area contributed by atoms with E-state index in [4.69, 9.17) is 25.8 Å². The topological polar surface area (TPSA) is 48.0 Å². The number of ether oxygens (including phenoxy) is 3. The highest BCUT2D eigenvalue weighted by Gasteiger charge is 2.56. The van der Waals surface area contributed by atoms with Crippen molar-refractivity contribution in [1.29, 1.82) is 0 Å². The summed E-state index contributed by atoms with van der Waals surface area (Å²) in [6, 6.07) is 7.69. The molecule has 2 aromatic rings. The lowest BCUT2D eigenvalue weighted by Crippen LogP contribution is -2.44. The molecule has 1 fully saturated rings. The summed E-state index contributed by atoms with van der Waals surface area (Å²) < 4.78 is 18.9. The van der Waals surface area contributed by atoms with E-state index in [0.29, 0.717) is 21.6 Å². The fourth-order valence-corrected chi connectivity index (χ4v) is 6.75. The van der Waals surface area contributed by atoms with Crippen molar-refractivity contribution in [2.75, 3.05) is 20.7 Å². The molecular weight excluding hydrogens is 434 g/mol. The van der Waals surface area contributed by atoms with Gasteiger partial charge in [0.15, 0.2) is 11.5 Å². The normalized spacial score (nSPS) is 29.9. The van der Waals surface area contributed by atoms with E-state index in [2.05, 4.69) is 24.9 Å². The molecule has 2 aliphatic heterocycles. The third-order valence-corrected chi connectivity index (χ3v) is 8.61. The Kier molecular flexibility index (Phi) is 5.43. The zero-order valence-electron chi connectivity index (χ0n) is 18.2. The van der Waals surface area contributed by atoms with E-state index in [-0.39, 0.29) is 23.6 Å². The number of nitrogens with zero attached hydrogens (tertiary/aromatic N) is 1. The minimum absolute atomic E-state index is 0.0359. The van der Waals surface area contributed by atoms with Crippen molar-refractivity contribution in [2.24, 2.45) is 5.92 Å². The van der Waals surface area contributed by atoms with Crippen molar-refractivity contribution >= 4 is 28.9 Å². The lowest BCUT2D eigenvalue weighted by Gasteiger charge is -2.38. The van der Waals surface area contributed by atoms with Crippen LogP contribution in [0.25, 0.3) is 0 Å². The second-order valence-corrected chi connectivity index (χ2v) is 10.8. The number of thiophene rings is 1. The summed E-state index contributed by atoms with van der Waals surface area (Å²) in [6.07, 6.45) is 3.34. The van der Waals surface area contributed by atoms with Gasteiger partial charge in [0.2, 0.25) is 0 Å². The van der Waals surface area contributed by atoms with Crippen LogP contribution in [0.3, 0.4) is 0 Å². The average Bonchev–Trinajstić information content (AvgIpc) is 3.24. The molecule has 0 bridgehead atoms. The summed E-state index contributed by atoms with van der Waals surface area (Å²) in [7, 11) is 3.88. The monoisotopic (exact) mass is 461 g/mol. The highest BCUT2D eigenvalue weighted by Crippen LogP contribution is 2.59. The zero-order valence-corrected chi connectivity index (χ0v) is 19.7. The molecule has 1 aliphatic carbocycles. The molecule has 166 valence electrons. The fourth-order valence-electron chi connectivity index (χ4n) is 5.82. The second kappa shape index (κ2) is 7.98. The first kappa shape index (κ1) is 21.1. The van der Waals surface area contributed by atoms with Crippen molar-refractivity contribution in [3.63, 3.8) is 0 Å². The van der Waals surface area contributed by atoms with Crippen molar-refractivity contribution < 1.29 is 19.0 Å². The van der Waals surface area contributed by atoms with Gasteiger partial charge in [0, 0.05) is 23.9 Å². The quantitative estimate of drug-likeness (QED) is 0.581. The van der Waals surface area contributed by atoms with Crippen molar-refractivity contribution in [2.45, 2.75) is 56.8 Å². The molecule has 31 heavy (non-hydrogen) atoms. The van der Waals surface area contributed by atoms with Gasteiger partial charge in [0.05, 0.1) is 11.4 Å². The predicted octanol–water partition coefficient (Wildman–Crippen LogP) is 5.29. The Bertz CT molecular complexity index is 1010. The number of halogens is 1. The minimum atomic E-state index is -0.292. The first-order valence-electron chi connectivity index (χ1n) is 10.9. The molecule has 3 aliphatic rings. The van der Waals surface area contributed by atoms with Crippen LogP contribution in [-0.4, -0.2) is 43.8 Å². The van der Waals surface area contributed by atoms with E-state index < -0.39 is 0 Å². The summed E-state index contributed by atoms with van der Waals surface area (Å²) in [5.74, 6) is 1.81. The Morgan fingerprint density at radius 3 is 2.87 bits per heavy atom. The second-order valence-electron chi connectivity index (χ2n) is 9.11. The van der Waals surface area contributed by atoms with Gasteiger partial charge in [-0.2, -0.15) is 0 Å². The molecule has 0 saturated heterocycles. The molecular formula is C24H28ClNO4S. The number of benzene rings is 1. The maximum absolute atomic E-state index is 12.7. The van der Waals surface area contributed by atoms with Crippen molar-refractivity contribution in [1.82, 2.24) is 4.90 Å². The van der Waals surface area contributed by atoms with Crippen molar-refractivity contribution in [3.8, 4) is 11.5 Å². The molecule has 0 radical (unpaired) electrons. The Balaban J connectivity index is 1.50. The first-order chi connectivity index (χ1) is 14.9. The van der Waals surface area contributed by atoms with E-state index in [0.717, 1.165) is 43.9 Å². The molecule has 4 atom stereocenters. The lowest BCUT2D eigenvalue weighted by atomic mass is 9.64. The third kappa shape index (κ3) is 3.43. The Morgan fingerprint density at radius 2 is 2.13 bits per heavy atom. The number of esters is 1. The van der Waals surface area contributed by atoms with Gasteiger partial charge >= 0.3 is 5.97 Å². The van der Waals surface area contributed by atoms with E-state index in [1.165, 1.54) is 22.5 Å². The van der Waals surface area contributed by atoms with E-state index >= 15 is 0 Å². The van der Waals surface area contributed by atoms with Gasteiger partial charge in [-0.1, -0.05) is 24.6 Å². The molecule has 1 saturated carbocycles. The van der Waals surface area contributed by atoms with Gasteiger partial charge in [0.25, 0.3) is 0 Å². The van der Waals surface area contributed by atoms with Crippen LogP contribution in [0.15, 0.2) is 24.3 Å². The van der Waals surface area contributed by atoms with Crippen LogP contribution in [0.2, 0.25) is 4.34 Å². The number of rotatable bonds is 3. The molecule has 5 nitrogen and oxygen atoms in total. The predicted molar refractivity (Wildman–Crippen MR) is 122 cm³/mol. The molecule has 1 aromatic carbocycles. The molecule has 7 heteroatoms. The summed E-state index contributed by atoms with van der Waals surface area (Å²) in [6.45, 7) is 4.26. The Morgan fingerprint density at radius 1 is 1.29 bits per heavy atom. The van der Waals surface area contributed by atoms with Gasteiger partial charge < -0.3 is 19.1 Å². The van der Waals surface area contributed by atoms with Crippen LogP contribution in [-0.2, 0) is 16.7 Å². The van der Waals surface area contributed by atoms with Gasteiger partial charge in [-0.05, 0) is 62.5 Å². The Hall–Kier alpha value is -1.76. The maximum Gasteiger partial charge on any atom is 0.348 e. The zero-order chi connectivity index (χ0) is 21.8. The van der Waals surface area contributed by atoms with Crippen molar-refractivity contribution in [3.05, 3.63) is 44.6 Å². The van der Waals surface area contributed by atoms with Gasteiger partial charge in [-0.3, -0.25) is 0 Å². The first-order valence-corrected chi connectivity index (χ1v) is 12.1. The van der Waals surface area contributed by atoms with Gasteiger partial charge in [-0.25, -0.2) is 4.79 Å². The average molecular weight is 462 g/mol. The van der Waals surface area contributed by atoms with E-state index in [9.17, 15) is 4.79 Å². The number of methoxy groups -OCH3 is 1. The number of carbonyl (C=O) groups excluding carboxylic acids is 1. The van der Waals surface area contributed by atoms with Crippen LogP contribution in [0.5, 0.6) is 11.5 Å². The maximum atomic E-state index is 12.7. The molecule has 0 amide bonds. The van der Waals surface area contributed by atoms with E-state index in [1.54, 1.807) is 19.2 Å². The van der Waals surface area contributed by atoms with Crippen LogP contribution >= 0.6 is 22.9 Å². The standard InChI is InChI=1S/C24H28ClNO4S/c1-14-4-6-16(29-23(27)18-8-9-20(25)31-18)12-19-24(14)10-11-26(2)13-15-5-7-17(28-3)22(30-19)21(15)24/h5,7-9,14,16,19H,4,6,10-13H2,1-3H3/t14?,16-,19?,24+/m0/s1. The fraction of sp³-hybridized carbons (Fsp3) is 0.542. The Labute approximate surface area is 192 Å². The molecule has 2 unspecified atom stereocenters. The van der Waals surface area contributed by atoms with Gasteiger partial charge in [-0.15, -0.1) is 11.3 Å². The van der Waals surface area contributed by atoms with Gasteiger partial charge in [0.1, 0.15) is 17.1 Å². The summed E-state index contributed by atoms with van der Waals surface area (Å²) in [4.78, 5) is 15.6. The highest BCUT2D eigenvalue weighted by atomic mass is 35.5. The van der Waals surface area contributed by atoms with Crippen LogP contribution in [0, 0.1) is 5.92 Å². The van der Waals surface area contributed by atoms with Crippen LogP contribution < -0.4 is 9.47 Å². The summed E-state index contributed by atoms with van der Waals surface area (Å²) >= 11 is 7.27. The molecule has 1 aromatic heterocycles. The molecule has 3 heterocycles. The summed E-state index contributed by atoms with van der Waals surface area (Å²) in [5.41, 5.74) is 2.57. The lowest BCUT2D eigenvalue weighted by molar-refractivity contribution is 0.0140. The number of carbonyl (C=O) groups is 1. The third-order valence-electron chi connectivity index (χ3n) is 7.40. The largest absolute Gasteiger partial charge is 0.493 e. The van der Waals surface area contributed by atoms with Crippen LogP contribution in [0.1, 0.15) is 53.4 Å². The smallest absolute Gasteiger partial charge is 0.348 e. The molecule has 1 spiro atoms. The number of hydrogen-bond donors (Lipinski definition) is 0. The van der Waals surface area contributed by atoms with Crippen LogP contribution in [0.4, 0.5) is 0 Å². The highest BCUT2D eigenvalue weighted by molar-refractivity contribution is 7.17. The molecule has 5 rings (SSSR count).